The summed E-state index contributed by atoms with van der Waals surface area (Å²) in [7, 11) is 1.87. The second kappa shape index (κ2) is 5.73. The lowest BCUT2D eigenvalue weighted by molar-refractivity contribution is -0.145. The molecule has 0 aromatic carbocycles. The highest BCUT2D eigenvalue weighted by molar-refractivity contribution is 5.26. The summed E-state index contributed by atoms with van der Waals surface area (Å²) in [6.07, 6.45) is -4.32. The maximum atomic E-state index is 12.7. The van der Waals surface area contributed by atoms with Crippen molar-refractivity contribution < 1.29 is 13.2 Å². The van der Waals surface area contributed by atoms with Crippen LogP contribution in [0.25, 0.3) is 0 Å². The molecular weight excluding hydrogens is 323 g/mol. The van der Waals surface area contributed by atoms with Crippen LogP contribution in [0.15, 0.2) is 4.79 Å². The van der Waals surface area contributed by atoms with Crippen molar-refractivity contribution in [3.05, 3.63) is 44.4 Å². The number of rotatable bonds is 2. The molecule has 0 atom stereocenters. The molecule has 1 aliphatic heterocycles. The standard InChI is InChI=1S/C15H18F3N5O/c1-8-10(9(2)22(3)21-8)6-23-5-4-12-11(7-23)13(24)20-14(19-12)15(16,17)18/h4-7H2,1-3H3,(H,19,20,24). The minimum atomic E-state index is -4.64. The molecule has 0 bridgehead atoms. The zero-order valence-corrected chi connectivity index (χ0v) is 13.7. The van der Waals surface area contributed by atoms with Crippen molar-refractivity contribution in [2.24, 2.45) is 7.05 Å². The summed E-state index contributed by atoms with van der Waals surface area (Å²) < 4.78 is 40.0. The Morgan fingerprint density at radius 2 is 2.00 bits per heavy atom. The van der Waals surface area contributed by atoms with E-state index in [1.165, 1.54) is 0 Å². The van der Waals surface area contributed by atoms with Crippen LogP contribution >= 0.6 is 0 Å². The van der Waals surface area contributed by atoms with Crippen LogP contribution < -0.4 is 5.56 Å². The van der Waals surface area contributed by atoms with E-state index >= 15 is 0 Å². The molecular formula is C15H18F3N5O. The highest BCUT2D eigenvalue weighted by Crippen LogP contribution is 2.27. The van der Waals surface area contributed by atoms with Gasteiger partial charge in [0.25, 0.3) is 5.56 Å². The van der Waals surface area contributed by atoms with E-state index in [4.69, 9.17) is 0 Å². The van der Waals surface area contributed by atoms with Gasteiger partial charge in [-0.05, 0) is 13.8 Å². The third kappa shape index (κ3) is 2.95. The zero-order valence-electron chi connectivity index (χ0n) is 13.7. The Bertz CT molecular complexity index is 837. The van der Waals surface area contributed by atoms with E-state index in [1.807, 2.05) is 30.8 Å². The number of H-pyrrole nitrogens is 1. The highest BCUT2D eigenvalue weighted by Gasteiger charge is 2.36. The maximum Gasteiger partial charge on any atom is 0.449 e. The molecule has 2 aromatic rings. The van der Waals surface area contributed by atoms with E-state index in [-0.39, 0.29) is 12.2 Å². The molecule has 130 valence electrons. The third-order valence-corrected chi connectivity index (χ3v) is 4.46. The van der Waals surface area contributed by atoms with Crippen LogP contribution in [-0.4, -0.2) is 31.2 Å². The predicted molar refractivity (Wildman–Crippen MR) is 80.4 cm³/mol. The fraction of sp³-hybridized carbons (Fsp3) is 0.533. The van der Waals surface area contributed by atoms with Crippen LogP contribution in [0.4, 0.5) is 13.2 Å². The van der Waals surface area contributed by atoms with E-state index in [2.05, 4.69) is 10.1 Å². The molecule has 0 aliphatic carbocycles. The quantitative estimate of drug-likeness (QED) is 0.903. The maximum absolute atomic E-state index is 12.7. The van der Waals surface area contributed by atoms with Gasteiger partial charge in [0.15, 0.2) is 0 Å². The average molecular weight is 341 g/mol. The Morgan fingerprint density at radius 1 is 1.29 bits per heavy atom. The number of aryl methyl sites for hydroxylation is 2. The largest absolute Gasteiger partial charge is 0.449 e. The first kappa shape index (κ1) is 16.7. The molecule has 0 spiro atoms. The van der Waals surface area contributed by atoms with Gasteiger partial charge in [0.2, 0.25) is 5.82 Å². The number of nitrogens with one attached hydrogen (secondary N) is 1. The summed E-state index contributed by atoms with van der Waals surface area (Å²) in [6.45, 7) is 5.32. The minimum Gasteiger partial charge on any atom is -0.303 e. The van der Waals surface area contributed by atoms with Crippen LogP contribution in [0.3, 0.4) is 0 Å². The molecule has 0 saturated carbocycles. The van der Waals surface area contributed by atoms with Crippen molar-refractivity contribution in [3.8, 4) is 0 Å². The van der Waals surface area contributed by atoms with Gasteiger partial charge in [0, 0.05) is 44.4 Å². The molecule has 0 fully saturated rings. The number of aromatic nitrogens is 4. The number of hydrogen-bond acceptors (Lipinski definition) is 4. The van der Waals surface area contributed by atoms with Gasteiger partial charge in [-0.1, -0.05) is 0 Å². The Hall–Kier alpha value is -2.16. The second-order valence-corrected chi connectivity index (χ2v) is 6.07. The van der Waals surface area contributed by atoms with Crippen molar-refractivity contribution in [2.45, 2.75) is 39.5 Å². The molecule has 6 nitrogen and oxygen atoms in total. The Kier molecular flexibility index (Phi) is 3.98. The number of halogens is 3. The molecule has 0 unspecified atom stereocenters. The first-order valence-electron chi connectivity index (χ1n) is 7.57. The van der Waals surface area contributed by atoms with Gasteiger partial charge in [-0.2, -0.15) is 18.3 Å². The lowest BCUT2D eigenvalue weighted by Gasteiger charge is -2.28. The SMILES string of the molecule is Cc1nn(C)c(C)c1CN1CCc2nc(C(F)(F)F)[nH]c(=O)c2C1. The lowest BCUT2D eigenvalue weighted by Crippen LogP contribution is -2.36. The Labute approximate surface area is 136 Å². The summed E-state index contributed by atoms with van der Waals surface area (Å²) in [6, 6.07) is 0. The van der Waals surface area contributed by atoms with Gasteiger partial charge in [-0.25, -0.2) is 4.98 Å². The van der Waals surface area contributed by atoms with Gasteiger partial charge in [-0.15, -0.1) is 0 Å². The third-order valence-electron chi connectivity index (χ3n) is 4.46. The minimum absolute atomic E-state index is 0.238. The van der Waals surface area contributed by atoms with Gasteiger partial charge < -0.3 is 4.98 Å². The number of hydrogen-bond donors (Lipinski definition) is 1. The molecule has 0 saturated heterocycles. The van der Waals surface area contributed by atoms with E-state index in [0.29, 0.717) is 25.1 Å². The lowest BCUT2D eigenvalue weighted by atomic mass is 10.1. The van der Waals surface area contributed by atoms with Gasteiger partial charge in [0.1, 0.15) is 0 Å². The van der Waals surface area contributed by atoms with Crippen molar-refractivity contribution in [1.82, 2.24) is 24.6 Å². The first-order valence-corrected chi connectivity index (χ1v) is 7.57. The smallest absolute Gasteiger partial charge is 0.303 e. The average Bonchev–Trinajstić information content (AvgIpc) is 2.73. The topological polar surface area (TPSA) is 66.8 Å². The molecule has 0 radical (unpaired) electrons. The van der Waals surface area contributed by atoms with Crippen molar-refractivity contribution in [3.63, 3.8) is 0 Å². The Morgan fingerprint density at radius 3 is 2.58 bits per heavy atom. The molecule has 3 heterocycles. The highest BCUT2D eigenvalue weighted by atomic mass is 19.4. The van der Waals surface area contributed by atoms with Crippen LogP contribution in [0.1, 0.15) is 34.0 Å². The number of alkyl halides is 3. The van der Waals surface area contributed by atoms with E-state index < -0.39 is 17.6 Å². The fourth-order valence-corrected chi connectivity index (χ4v) is 3.02. The molecule has 9 heteroatoms. The summed E-state index contributed by atoms with van der Waals surface area (Å²) in [4.78, 5) is 19.5. The fourth-order valence-electron chi connectivity index (χ4n) is 3.02. The van der Waals surface area contributed by atoms with Crippen molar-refractivity contribution in [1.29, 1.82) is 0 Å². The summed E-state index contributed by atoms with van der Waals surface area (Å²) in [5, 5.41) is 4.36. The predicted octanol–water partition coefficient (Wildman–Crippen LogP) is 1.70. The van der Waals surface area contributed by atoms with Crippen molar-refractivity contribution in [2.75, 3.05) is 6.54 Å². The van der Waals surface area contributed by atoms with Crippen LogP contribution in [0, 0.1) is 13.8 Å². The van der Waals surface area contributed by atoms with Crippen LogP contribution in [0.5, 0.6) is 0 Å². The van der Waals surface area contributed by atoms with Crippen molar-refractivity contribution >= 4 is 0 Å². The van der Waals surface area contributed by atoms with Gasteiger partial charge in [-0.3, -0.25) is 14.4 Å². The molecule has 1 aliphatic rings. The molecule has 0 amide bonds. The van der Waals surface area contributed by atoms with Gasteiger partial charge in [0.05, 0.1) is 17.0 Å². The summed E-state index contributed by atoms with van der Waals surface area (Å²) >= 11 is 0. The van der Waals surface area contributed by atoms with Crippen LogP contribution in [0.2, 0.25) is 0 Å². The zero-order chi connectivity index (χ0) is 17.6. The molecule has 3 rings (SSSR count). The monoisotopic (exact) mass is 341 g/mol. The Balaban J connectivity index is 1.86. The second-order valence-electron chi connectivity index (χ2n) is 6.07. The molecule has 2 aromatic heterocycles. The summed E-state index contributed by atoms with van der Waals surface area (Å²) in [5.74, 6) is -1.22. The molecule has 1 N–H and O–H groups in total. The van der Waals surface area contributed by atoms with Gasteiger partial charge >= 0.3 is 6.18 Å². The van der Waals surface area contributed by atoms with E-state index in [0.717, 1.165) is 17.0 Å². The summed E-state index contributed by atoms with van der Waals surface area (Å²) in [5.41, 5.74) is 2.88. The normalized spacial score (nSPS) is 15.6. The molecule has 24 heavy (non-hydrogen) atoms. The number of fused-ring (bicyclic) bond motifs is 1. The number of aromatic amines is 1. The first-order chi connectivity index (χ1) is 11.2. The van der Waals surface area contributed by atoms with E-state index in [9.17, 15) is 18.0 Å². The van der Waals surface area contributed by atoms with Crippen LogP contribution in [-0.2, 0) is 32.7 Å². The number of nitrogens with zero attached hydrogens (tertiary/aromatic N) is 4. The van der Waals surface area contributed by atoms with E-state index in [1.54, 1.807) is 4.68 Å².